The Morgan fingerprint density at radius 1 is 0.389 bits per heavy atom. The Balaban J connectivity index is 1.48. The molecule has 4 rings (SSSR count). The van der Waals surface area contributed by atoms with Crippen LogP contribution >= 0.6 is 0 Å². The van der Waals surface area contributed by atoms with E-state index in [1.54, 1.807) is 0 Å². The van der Waals surface area contributed by atoms with Gasteiger partial charge in [-0.3, -0.25) is 15.0 Å². The monoisotopic (exact) mass is 483 g/mol. The standard InChI is InChI=1S/C27H33N9/c1-22-4-10-25(11-5-22)28-31-34-16-18-35(32-29-26-12-6-23(2)7-13-26)20-21-36(19-17-34)33-30-27-14-8-24(3)9-15-27/h4-15H,16-21H2,1-3H3. The van der Waals surface area contributed by atoms with E-state index in [0.717, 1.165) is 17.1 Å². The maximum absolute atomic E-state index is 4.51. The molecule has 0 radical (unpaired) electrons. The molecule has 1 saturated heterocycles. The Morgan fingerprint density at radius 2 is 0.611 bits per heavy atom. The molecule has 0 saturated carbocycles. The molecule has 9 heteroatoms. The summed E-state index contributed by atoms with van der Waals surface area (Å²) < 4.78 is 0. The van der Waals surface area contributed by atoms with Crippen LogP contribution in [0.1, 0.15) is 16.7 Å². The number of rotatable bonds is 6. The molecule has 0 spiro atoms. The van der Waals surface area contributed by atoms with Gasteiger partial charge < -0.3 is 0 Å². The third-order valence-corrected chi connectivity index (χ3v) is 5.81. The van der Waals surface area contributed by atoms with Crippen LogP contribution in [0.15, 0.2) is 104 Å². The molecule has 3 aromatic carbocycles. The summed E-state index contributed by atoms with van der Waals surface area (Å²) in [5.74, 6) is 0. The van der Waals surface area contributed by atoms with Crippen LogP contribution in [0.25, 0.3) is 0 Å². The molecule has 0 unspecified atom stereocenters. The molecule has 0 atom stereocenters. The van der Waals surface area contributed by atoms with E-state index >= 15 is 0 Å². The highest BCUT2D eigenvalue weighted by Crippen LogP contribution is 2.17. The zero-order chi connectivity index (χ0) is 25.2. The van der Waals surface area contributed by atoms with Gasteiger partial charge in [-0.15, -0.1) is 15.3 Å². The van der Waals surface area contributed by atoms with Gasteiger partial charge in [-0.05, 0) is 57.2 Å². The Hall–Kier alpha value is -4.14. The average molecular weight is 484 g/mol. The lowest BCUT2D eigenvalue weighted by molar-refractivity contribution is 0.214. The number of nitrogens with zero attached hydrogens (tertiary/aromatic N) is 9. The first-order valence-electron chi connectivity index (χ1n) is 12.2. The fraction of sp³-hybridized carbons (Fsp3) is 0.333. The number of aryl methyl sites for hydroxylation is 3. The molecule has 0 aliphatic carbocycles. The van der Waals surface area contributed by atoms with Crippen molar-refractivity contribution < 1.29 is 0 Å². The molecule has 1 aliphatic rings. The largest absolute Gasteiger partial charge is 0.275 e. The van der Waals surface area contributed by atoms with Crippen molar-refractivity contribution in [2.75, 3.05) is 39.3 Å². The van der Waals surface area contributed by atoms with Crippen LogP contribution in [-0.2, 0) is 0 Å². The highest BCUT2D eigenvalue weighted by Gasteiger charge is 2.14. The maximum atomic E-state index is 4.51. The Labute approximate surface area is 212 Å². The minimum atomic E-state index is 0.672. The molecule has 0 amide bonds. The van der Waals surface area contributed by atoms with Gasteiger partial charge in [0.05, 0.1) is 56.3 Å². The predicted octanol–water partition coefficient (Wildman–Crippen LogP) is 6.93. The van der Waals surface area contributed by atoms with Gasteiger partial charge >= 0.3 is 0 Å². The third-order valence-electron chi connectivity index (χ3n) is 5.81. The van der Waals surface area contributed by atoms with E-state index < -0.39 is 0 Å². The first-order valence-corrected chi connectivity index (χ1v) is 12.2. The van der Waals surface area contributed by atoms with E-state index in [1.807, 2.05) is 87.8 Å². The van der Waals surface area contributed by atoms with Crippen molar-refractivity contribution in [2.45, 2.75) is 20.8 Å². The van der Waals surface area contributed by atoms with Crippen molar-refractivity contribution >= 4 is 17.1 Å². The average Bonchev–Trinajstić information content (AvgIpc) is 2.98. The maximum Gasteiger partial charge on any atom is 0.0874 e. The predicted molar refractivity (Wildman–Crippen MR) is 142 cm³/mol. The number of hydrogen-bond donors (Lipinski definition) is 0. The molecule has 1 fully saturated rings. The molecule has 0 aromatic heterocycles. The molecule has 3 aromatic rings. The lowest BCUT2D eigenvalue weighted by Gasteiger charge is -2.19. The summed E-state index contributed by atoms with van der Waals surface area (Å²) >= 11 is 0. The Morgan fingerprint density at radius 3 is 0.833 bits per heavy atom. The zero-order valence-corrected chi connectivity index (χ0v) is 21.2. The van der Waals surface area contributed by atoms with Crippen molar-refractivity contribution in [3.05, 3.63) is 89.5 Å². The van der Waals surface area contributed by atoms with E-state index in [0.29, 0.717) is 39.3 Å². The van der Waals surface area contributed by atoms with Crippen molar-refractivity contribution in [2.24, 2.45) is 31.0 Å². The van der Waals surface area contributed by atoms with Gasteiger partial charge in [-0.1, -0.05) is 68.8 Å². The van der Waals surface area contributed by atoms with Crippen molar-refractivity contribution in [1.82, 2.24) is 15.0 Å². The van der Waals surface area contributed by atoms with E-state index in [9.17, 15) is 0 Å². The van der Waals surface area contributed by atoms with Gasteiger partial charge in [0.1, 0.15) is 0 Å². The molecular formula is C27H33N9. The molecule has 0 N–H and O–H groups in total. The smallest absolute Gasteiger partial charge is 0.0874 e. The van der Waals surface area contributed by atoms with Crippen LogP contribution in [-0.4, -0.2) is 54.3 Å². The summed E-state index contributed by atoms with van der Waals surface area (Å²) in [6, 6.07) is 24.0. The third kappa shape index (κ3) is 7.97. The summed E-state index contributed by atoms with van der Waals surface area (Å²) in [6.45, 7) is 10.2. The molecule has 9 nitrogen and oxygen atoms in total. The van der Waals surface area contributed by atoms with Gasteiger partial charge in [0.15, 0.2) is 0 Å². The molecule has 1 aliphatic heterocycles. The minimum Gasteiger partial charge on any atom is -0.275 e. The molecule has 0 bridgehead atoms. The van der Waals surface area contributed by atoms with Gasteiger partial charge in [0.25, 0.3) is 0 Å². The van der Waals surface area contributed by atoms with Crippen LogP contribution in [0.5, 0.6) is 0 Å². The van der Waals surface area contributed by atoms with Crippen molar-refractivity contribution in [1.29, 1.82) is 0 Å². The summed E-state index contributed by atoms with van der Waals surface area (Å²) in [7, 11) is 0. The lowest BCUT2D eigenvalue weighted by Crippen LogP contribution is -2.30. The van der Waals surface area contributed by atoms with Crippen molar-refractivity contribution in [3.63, 3.8) is 0 Å². The summed E-state index contributed by atoms with van der Waals surface area (Å²) in [4.78, 5) is 0. The lowest BCUT2D eigenvalue weighted by atomic mass is 10.2. The van der Waals surface area contributed by atoms with Crippen LogP contribution in [0.2, 0.25) is 0 Å². The molecule has 1 heterocycles. The van der Waals surface area contributed by atoms with Crippen LogP contribution in [0.4, 0.5) is 17.1 Å². The second kappa shape index (κ2) is 12.5. The minimum absolute atomic E-state index is 0.672. The normalized spacial score (nSPS) is 15.6. The fourth-order valence-corrected chi connectivity index (χ4v) is 3.48. The molecular weight excluding hydrogens is 450 g/mol. The van der Waals surface area contributed by atoms with Gasteiger partial charge in [0, 0.05) is 0 Å². The van der Waals surface area contributed by atoms with Crippen molar-refractivity contribution in [3.8, 4) is 0 Å². The molecule has 186 valence electrons. The van der Waals surface area contributed by atoms with Gasteiger partial charge in [-0.25, -0.2) is 0 Å². The second-order valence-corrected chi connectivity index (χ2v) is 8.94. The van der Waals surface area contributed by atoms with E-state index in [-0.39, 0.29) is 0 Å². The van der Waals surface area contributed by atoms with E-state index in [1.165, 1.54) is 16.7 Å². The highest BCUT2D eigenvalue weighted by molar-refractivity contribution is 5.38. The van der Waals surface area contributed by atoms with E-state index in [4.69, 9.17) is 0 Å². The summed E-state index contributed by atoms with van der Waals surface area (Å²) in [5.41, 5.74) is 6.06. The Kier molecular flexibility index (Phi) is 8.69. The van der Waals surface area contributed by atoms with Gasteiger partial charge in [-0.2, -0.15) is 0 Å². The zero-order valence-electron chi connectivity index (χ0n) is 21.2. The number of benzene rings is 3. The van der Waals surface area contributed by atoms with Crippen LogP contribution < -0.4 is 0 Å². The summed E-state index contributed by atoms with van der Waals surface area (Å²) in [5, 5.41) is 32.7. The topological polar surface area (TPSA) is 83.9 Å². The first-order chi connectivity index (χ1) is 17.5. The highest BCUT2D eigenvalue weighted by atomic mass is 15.6. The second-order valence-electron chi connectivity index (χ2n) is 8.94. The van der Waals surface area contributed by atoms with Crippen LogP contribution in [0.3, 0.4) is 0 Å². The SMILES string of the molecule is Cc1ccc(N=NN2CCN(N=Nc3ccc(C)cc3)CCN(N=Nc3ccc(C)cc3)CC2)cc1. The first kappa shape index (κ1) is 25.0. The van der Waals surface area contributed by atoms with Crippen LogP contribution in [0, 0.1) is 20.8 Å². The fourth-order valence-electron chi connectivity index (χ4n) is 3.48. The molecule has 36 heavy (non-hydrogen) atoms. The van der Waals surface area contributed by atoms with E-state index in [2.05, 4.69) is 51.8 Å². The number of hydrogen-bond acceptors (Lipinski definition) is 6. The quantitative estimate of drug-likeness (QED) is 0.356. The van der Waals surface area contributed by atoms with Gasteiger partial charge in [0.2, 0.25) is 0 Å². The Bertz CT molecular complexity index is 1010. The summed E-state index contributed by atoms with van der Waals surface area (Å²) in [6.07, 6.45) is 0.